The van der Waals surface area contributed by atoms with Gasteiger partial charge in [-0.1, -0.05) is 24.3 Å². The first-order valence-electron chi connectivity index (χ1n) is 6.76. The van der Waals surface area contributed by atoms with Crippen molar-refractivity contribution >= 4 is 17.2 Å². The van der Waals surface area contributed by atoms with E-state index in [2.05, 4.69) is 17.4 Å². The third-order valence-electron chi connectivity index (χ3n) is 3.86. The van der Waals surface area contributed by atoms with Crippen molar-refractivity contribution in [1.29, 1.82) is 0 Å². The number of fused-ring (bicyclic) bond motifs is 1. The number of carbonyl (C=O) groups is 1. The molecule has 1 heterocycles. The van der Waals surface area contributed by atoms with E-state index >= 15 is 0 Å². The molecule has 4 heteroatoms. The summed E-state index contributed by atoms with van der Waals surface area (Å²) in [7, 11) is 0. The van der Waals surface area contributed by atoms with Gasteiger partial charge in [0.15, 0.2) is 0 Å². The molecule has 0 saturated carbocycles. The summed E-state index contributed by atoms with van der Waals surface area (Å²) in [4.78, 5) is 11.9. The number of benzene rings is 1. The second-order valence-electron chi connectivity index (χ2n) is 5.36. The summed E-state index contributed by atoms with van der Waals surface area (Å²) in [6.45, 7) is 0.302. The number of rotatable bonds is 3. The SMILES string of the molecule is O=C(NCC1(O)CCc2ccccc2C1)c1ccsc1. The van der Waals surface area contributed by atoms with E-state index in [0.717, 1.165) is 6.42 Å². The molecule has 0 saturated heterocycles. The maximum Gasteiger partial charge on any atom is 0.252 e. The van der Waals surface area contributed by atoms with E-state index < -0.39 is 5.60 Å². The van der Waals surface area contributed by atoms with Crippen LogP contribution in [0.1, 0.15) is 27.9 Å². The molecule has 1 aliphatic rings. The smallest absolute Gasteiger partial charge is 0.252 e. The molecule has 1 unspecified atom stereocenters. The molecule has 2 N–H and O–H groups in total. The van der Waals surface area contributed by atoms with Crippen molar-refractivity contribution in [3.63, 3.8) is 0 Å². The quantitative estimate of drug-likeness (QED) is 0.910. The Hall–Kier alpha value is -1.65. The molecule has 3 nitrogen and oxygen atoms in total. The summed E-state index contributed by atoms with van der Waals surface area (Å²) in [5.41, 5.74) is 2.32. The number of aliphatic hydroxyl groups is 1. The van der Waals surface area contributed by atoms with Crippen LogP contribution in [0, 0.1) is 0 Å². The lowest BCUT2D eigenvalue weighted by atomic mass is 9.80. The van der Waals surface area contributed by atoms with Crippen LogP contribution >= 0.6 is 11.3 Å². The fourth-order valence-corrected chi connectivity index (χ4v) is 3.31. The van der Waals surface area contributed by atoms with Gasteiger partial charge in [0.05, 0.1) is 5.60 Å². The van der Waals surface area contributed by atoms with Crippen LogP contribution in [-0.4, -0.2) is 23.2 Å². The van der Waals surface area contributed by atoms with Crippen LogP contribution in [0.15, 0.2) is 41.1 Å². The molecule has 0 bridgehead atoms. The standard InChI is InChI=1S/C16H17NO2S/c18-15(14-6-8-20-10-14)17-11-16(19)7-5-12-3-1-2-4-13(12)9-16/h1-4,6,8,10,19H,5,7,9,11H2,(H,17,18). The Morgan fingerprint density at radius 3 is 2.85 bits per heavy atom. The number of hydrogen-bond donors (Lipinski definition) is 2. The zero-order chi connectivity index (χ0) is 14.0. The molecular formula is C16H17NO2S. The molecule has 1 aromatic heterocycles. The van der Waals surface area contributed by atoms with E-state index in [9.17, 15) is 9.90 Å². The molecule has 0 spiro atoms. The fraction of sp³-hybridized carbons (Fsp3) is 0.312. The lowest BCUT2D eigenvalue weighted by molar-refractivity contribution is 0.0260. The summed E-state index contributed by atoms with van der Waals surface area (Å²) < 4.78 is 0. The molecule has 3 rings (SSSR count). The van der Waals surface area contributed by atoms with Crippen LogP contribution in [-0.2, 0) is 12.8 Å². The first-order valence-corrected chi connectivity index (χ1v) is 7.70. The van der Waals surface area contributed by atoms with Gasteiger partial charge in [-0.3, -0.25) is 4.79 Å². The Labute approximate surface area is 122 Å². The minimum atomic E-state index is -0.833. The highest BCUT2D eigenvalue weighted by Gasteiger charge is 2.32. The zero-order valence-corrected chi connectivity index (χ0v) is 12.0. The normalized spacial score (nSPS) is 21.2. The van der Waals surface area contributed by atoms with Crippen molar-refractivity contribution in [2.75, 3.05) is 6.54 Å². The van der Waals surface area contributed by atoms with E-state index in [4.69, 9.17) is 0 Å². The van der Waals surface area contributed by atoms with Gasteiger partial charge in [-0.05, 0) is 35.4 Å². The minimum absolute atomic E-state index is 0.112. The summed E-state index contributed by atoms with van der Waals surface area (Å²) in [5, 5.41) is 17.2. The van der Waals surface area contributed by atoms with Gasteiger partial charge >= 0.3 is 0 Å². The summed E-state index contributed by atoms with van der Waals surface area (Å²) in [6, 6.07) is 9.98. The largest absolute Gasteiger partial charge is 0.388 e. The monoisotopic (exact) mass is 287 g/mol. The van der Waals surface area contributed by atoms with Gasteiger partial charge in [-0.2, -0.15) is 11.3 Å². The van der Waals surface area contributed by atoms with Crippen molar-refractivity contribution in [3.05, 3.63) is 57.8 Å². The van der Waals surface area contributed by atoms with Gasteiger partial charge < -0.3 is 10.4 Å². The number of thiophene rings is 1. The first kappa shape index (κ1) is 13.3. The molecule has 0 radical (unpaired) electrons. The Bertz CT molecular complexity index is 609. The minimum Gasteiger partial charge on any atom is -0.388 e. The van der Waals surface area contributed by atoms with Crippen LogP contribution in [0.3, 0.4) is 0 Å². The van der Waals surface area contributed by atoms with Crippen molar-refractivity contribution in [2.45, 2.75) is 24.9 Å². The lowest BCUT2D eigenvalue weighted by Gasteiger charge is -2.33. The van der Waals surface area contributed by atoms with Crippen LogP contribution in [0.25, 0.3) is 0 Å². The van der Waals surface area contributed by atoms with Gasteiger partial charge in [0.2, 0.25) is 0 Å². The zero-order valence-electron chi connectivity index (χ0n) is 11.1. The molecule has 2 aromatic rings. The van der Waals surface area contributed by atoms with E-state index in [-0.39, 0.29) is 5.91 Å². The number of aryl methyl sites for hydroxylation is 1. The average molecular weight is 287 g/mol. The fourth-order valence-electron chi connectivity index (χ4n) is 2.68. The number of carbonyl (C=O) groups excluding carboxylic acids is 1. The number of amides is 1. The Balaban J connectivity index is 1.65. The van der Waals surface area contributed by atoms with E-state index in [1.165, 1.54) is 22.5 Å². The molecular weight excluding hydrogens is 270 g/mol. The summed E-state index contributed by atoms with van der Waals surface area (Å²) >= 11 is 1.50. The highest BCUT2D eigenvalue weighted by molar-refractivity contribution is 7.08. The summed E-state index contributed by atoms with van der Waals surface area (Å²) in [6.07, 6.45) is 2.15. The summed E-state index contributed by atoms with van der Waals surface area (Å²) in [5.74, 6) is -0.112. The molecule has 1 aliphatic carbocycles. The average Bonchev–Trinajstić information content (AvgIpc) is 2.99. The Kier molecular flexibility index (Phi) is 3.59. The Morgan fingerprint density at radius 2 is 2.10 bits per heavy atom. The highest BCUT2D eigenvalue weighted by Crippen LogP contribution is 2.28. The molecule has 1 amide bonds. The van der Waals surface area contributed by atoms with Crippen LogP contribution in [0.4, 0.5) is 0 Å². The van der Waals surface area contributed by atoms with Gasteiger partial charge in [0.25, 0.3) is 5.91 Å². The van der Waals surface area contributed by atoms with Crippen LogP contribution in [0.5, 0.6) is 0 Å². The number of hydrogen-bond acceptors (Lipinski definition) is 3. The molecule has 20 heavy (non-hydrogen) atoms. The van der Waals surface area contributed by atoms with E-state index in [1.54, 1.807) is 6.07 Å². The van der Waals surface area contributed by atoms with E-state index in [1.807, 2.05) is 22.9 Å². The van der Waals surface area contributed by atoms with Crippen LogP contribution < -0.4 is 5.32 Å². The van der Waals surface area contributed by atoms with Crippen LogP contribution in [0.2, 0.25) is 0 Å². The molecule has 1 aromatic carbocycles. The molecule has 104 valence electrons. The van der Waals surface area contributed by atoms with Crippen molar-refractivity contribution in [3.8, 4) is 0 Å². The van der Waals surface area contributed by atoms with Gasteiger partial charge in [-0.15, -0.1) is 0 Å². The third-order valence-corrected chi connectivity index (χ3v) is 4.54. The van der Waals surface area contributed by atoms with Crippen molar-refractivity contribution in [2.24, 2.45) is 0 Å². The molecule has 0 aliphatic heterocycles. The predicted molar refractivity (Wildman–Crippen MR) is 80.1 cm³/mol. The predicted octanol–water partition coefficient (Wildman–Crippen LogP) is 2.40. The lowest BCUT2D eigenvalue weighted by Crippen LogP contribution is -2.46. The second kappa shape index (κ2) is 5.38. The van der Waals surface area contributed by atoms with Crippen molar-refractivity contribution < 1.29 is 9.90 Å². The Morgan fingerprint density at radius 1 is 1.30 bits per heavy atom. The van der Waals surface area contributed by atoms with E-state index in [0.29, 0.717) is 24.9 Å². The van der Waals surface area contributed by atoms with Crippen molar-refractivity contribution in [1.82, 2.24) is 5.32 Å². The van der Waals surface area contributed by atoms with Gasteiger partial charge in [-0.25, -0.2) is 0 Å². The molecule has 1 atom stereocenters. The first-order chi connectivity index (χ1) is 9.66. The highest BCUT2D eigenvalue weighted by atomic mass is 32.1. The number of nitrogens with one attached hydrogen (secondary N) is 1. The maximum absolute atomic E-state index is 11.9. The van der Waals surface area contributed by atoms with Gasteiger partial charge in [0.1, 0.15) is 0 Å². The maximum atomic E-state index is 11.9. The van der Waals surface area contributed by atoms with Gasteiger partial charge in [0, 0.05) is 23.9 Å². The topological polar surface area (TPSA) is 49.3 Å². The second-order valence-corrected chi connectivity index (χ2v) is 6.14. The third kappa shape index (κ3) is 2.76. The molecule has 0 fully saturated rings.